The number of halogens is 2. The summed E-state index contributed by atoms with van der Waals surface area (Å²) in [4.78, 5) is 1.36. The van der Waals surface area contributed by atoms with Crippen molar-refractivity contribution in [3.63, 3.8) is 0 Å². The maximum Gasteiger partial charge on any atom is 0.124 e. The molecule has 1 aromatic carbocycles. The van der Waals surface area contributed by atoms with Gasteiger partial charge in [-0.3, -0.25) is 0 Å². The second-order valence-corrected chi connectivity index (χ2v) is 5.83. The molecule has 1 atom stereocenters. The van der Waals surface area contributed by atoms with Gasteiger partial charge < -0.3 is 5.32 Å². The van der Waals surface area contributed by atoms with Crippen molar-refractivity contribution in [2.24, 2.45) is 0 Å². The van der Waals surface area contributed by atoms with Gasteiger partial charge in [-0.15, -0.1) is 11.3 Å². The highest BCUT2D eigenvalue weighted by Crippen LogP contribution is 2.27. The minimum absolute atomic E-state index is 0.167. The van der Waals surface area contributed by atoms with Crippen LogP contribution in [0.4, 0.5) is 4.39 Å². The molecule has 0 radical (unpaired) electrons. The molecular formula is C15H17ClFNS. The molecule has 1 unspecified atom stereocenters. The van der Waals surface area contributed by atoms with Crippen LogP contribution in [0.15, 0.2) is 35.7 Å². The van der Waals surface area contributed by atoms with Crippen LogP contribution in [0.25, 0.3) is 0 Å². The molecule has 0 saturated carbocycles. The Hall–Kier alpha value is -0.900. The highest BCUT2D eigenvalue weighted by molar-refractivity contribution is 7.09. The van der Waals surface area contributed by atoms with Crippen molar-refractivity contribution in [2.45, 2.75) is 25.8 Å². The van der Waals surface area contributed by atoms with Gasteiger partial charge in [0.15, 0.2) is 0 Å². The van der Waals surface area contributed by atoms with Crippen LogP contribution < -0.4 is 5.32 Å². The summed E-state index contributed by atoms with van der Waals surface area (Å²) < 4.78 is 13.1. The van der Waals surface area contributed by atoms with E-state index in [1.54, 1.807) is 17.4 Å². The fraction of sp³-hybridized carbons (Fsp3) is 0.333. The molecule has 0 bridgehead atoms. The van der Waals surface area contributed by atoms with E-state index in [4.69, 9.17) is 11.6 Å². The van der Waals surface area contributed by atoms with E-state index < -0.39 is 0 Å². The topological polar surface area (TPSA) is 12.0 Å². The maximum absolute atomic E-state index is 13.1. The number of thiophene rings is 1. The maximum atomic E-state index is 13.1. The number of aryl methyl sites for hydroxylation is 1. The number of nitrogens with one attached hydrogen (secondary N) is 1. The average molecular weight is 298 g/mol. The Kier molecular flexibility index (Phi) is 5.37. The van der Waals surface area contributed by atoms with Gasteiger partial charge in [-0.2, -0.15) is 0 Å². The molecule has 0 amide bonds. The zero-order valence-electron chi connectivity index (χ0n) is 10.8. The van der Waals surface area contributed by atoms with Crippen molar-refractivity contribution < 1.29 is 4.39 Å². The molecular weight excluding hydrogens is 281 g/mol. The van der Waals surface area contributed by atoms with Crippen LogP contribution in [0.5, 0.6) is 0 Å². The zero-order valence-corrected chi connectivity index (χ0v) is 12.4. The number of hydrogen-bond donors (Lipinski definition) is 1. The summed E-state index contributed by atoms with van der Waals surface area (Å²) in [6.07, 6.45) is 1.96. The van der Waals surface area contributed by atoms with Crippen molar-refractivity contribution in [1.29, 1.82) is 0 Å². The van der Waals surface area contributed by atoms with E-state index in [2.05, 4.69) is 29.8 Å². The molecule has 1 nitrogen and oxygen atoms in total. The largest absolute Gasteiger partial charge is 0.310 e. The van der Waals surface area contributed by atoms with E-state index in [1.807, 2.05) is 0 Å². The molecule has 1 heterocycles. The summed E-state index contributed by atoms with van der Waals surface area (Å²) in [7, 11) is 0. The Morgan fingerprint density at radius 3 is 2.84 bits per heavy atom. The molecule has 0 spiro atoms. The van der Waals surface area contributed by atoms with E-state index >= 15 is 0 Å². The summed E-state index contributed by atoms with van der Waals surface area (Å²) in [6.45, 7) is 2.93. The molecule has 0 fully saturated rings. The normalized spacial score (nSPS) is 12.6. The molecule has 0 aliphatic rings. The van der Waals surface area contributed by atoms with Gasteiger partial charge in [0.1, 0.15) is 5.82 Å². The predicted molar refractivity (Wildman–Crippen MR) is 80.5 cm³/mol. The number of hydrogen-bond acceptors (Lipinski definition) is 2. The fourth-order valence-electron chi connectivity index (χ4n) is 2.14. The average Bonchev–Trinajstić information content (AvgIpc) is 2.88. The fourth-order valence-corrected chi connectivity index (χ4v) is 3.16. The number of benzene rings is 1. The minimum atomic E-state index is -0.290. The minimum Gasteiger partial charge on any atom is -0.310 e. The third-order valence-electron chi connectivity index (χ3n) is 3.05. The van der Waals surface area contributed by atoms with Gasteiger partial charge in [-0.05, 0) is 48.5 Å². The molecule has 19 heavy (non-hydrogen) atoms. The number of rotatable bonds is 6. The first kappa shape index (κ1) is 14.5. The Balaban J connectivity index is 2.10. The van der Waals surface area contributed by atoms with Crippen LogP contribution in [0, 0.1) is 5.82 Å². The molecule has 1 N–H and O–H groups in total. The van der Waals surface area contributed by atoms with Gasteiger partial charge in [-0.25, -0.2) is 4.39 Å². The molecule has 0 saturated heterocycles. The first-order valence-corrected chi connectivity index (χ1v) is 7.67. The van der Waals surface area contributed by atoms with Crippen molar-refractivity contribution in [3.05, 3.63) is 57.0 Å². The Morgan fingerprint density at radius 1 is 1.37 bits per heavy atom. The summed E-state index contributed by atoms with van der Waals surface area (Å²) in [5.74, 6) is -0.290. The van der Waals surface area contributed by atoms with Crippen molar-refractivity contribution in [3.8, 4) is 0 Å². The molecule has 1 aromatic heterocycles. The molecule has 0 aliphatic heterocycles. The Labute approximate surface area is 122 Å². The SMILES string of the molecule is CCNC(CCc1cccs1)c1ccc(F)cc1Cl. The summed E-state index contributed by atoms with van der Waals surface area (Å²) >= 11 is 7.91. The van der Waals surface area contributed by atoms with Gasteiger partial charge >= 0.3 is 0 Å². The lowest BCUT2D eigenvalue weighted by atomic mass is 10.0. The highest BCUT2D eigenvalue weighted by atomic mass is 35.5. The zero-order chi connectivity index (χ0) is 13.7. The third kappa shape index (κ3) is 4.03. The lowest BCUT2D eigenvalue weighted by molar-refractivity contribution is 0.515. The van der Waals surface area contributed by atoms with E-state index in [-0.39, 0.29) is 11.9 Å². The molecule has 102 valence electrons. The van der Waals surface area contributed by atoms with Gasteiger partial charge in [0.25, 0.3) is 0 Å². The van der Waals surface area contributed by atoms with E-state index in [1.165, 1.54) is 17.0 Å². The van der Waals surface area contributed by atoms with Crippen LogP contribution in [0.3, 0.4) is 0 Å². The van der Waals surface area contributed by atoms with Crippen molar-refractivity contribution >= 4 is 22.9 Å². The van der Waals surface area contributed by atoms with E-state index in [9.17, 15) is 4.39 Å². The smallest absolute Gasteiger partial charge is 0.124 e. The Morgan fingerprint density at radius 2 is 2.21 bits per heavy atom. The van der Waals surface area contributed by atoms with Crippen LogP contribution >= 0.6 is 22.9 Å². The second-order valence-electron chi connectivity index (χ2n) is 4.39. The van der Waals surface area contributed by atoms with E-state index in [0.29, 0.717) is 5.02 Å². The lowest BCUT2D eigenvalue weighted by Gasteiger charge is -2.19. The first-order valence-electron chi connectivity index (χ1n) is 6.41. The highest BCUT2D eigenvalue weighted by Gasteiger charge is 2.14. The molecule has 2 rings (SSSR count). The third-order valence-corrected chi connectivity index (χ3v) is 4.31. The van der Waals surface area contributed by atoms with Gasteiger partial charge in [0, 0.05) is 15.9 Å². The summed E-state index contributed by atoms with van der Waals surface area (Å²) in [5, 5.41) is 6.00. The summed E-state index contributed by atoms with van der Waals surface area (Å²) in [5.41, 5.74) is 0.974. The van der Waals surface area contributed by atoms with Crippen molar-refractivity contribution in [1.82, 2.24) is 5.32 Å². The standard InChI is InChI=1S/C15H17ClFNS/c1-2-18-15(8-6-12-4-3-9-19-12)13-7-5-11(17)10-14(13)16/h3-5,7,9-10,15,18H,2,6,8H2,1H3. The van der Waals surface area contributed by atoms with E-state index in [0.717, 1.165) is 24.9 Å². The molecule has 4 heteroatoms. The van der Waals surface area contributed by atoms with Gasteiger partial charge in [-0.1, -0.05) is 30.7 Å². The Bertz CT molecular complexity index is 513. The monoisotopic (exact) mass is 297 g/mol. The molecule has 2 aromatic rings. The van der Waals surface area contributed by atoms with Crippen LogP contribution in [-0.2, 0) is 6.42 Å². The van der Waals surface area contributed by atoms with Crippen LogP contribution in [-0.4, -0.2) is 6.54 Å². The molecule has 0 aliphatic carbocycles. The quantitative estimate of drug-likeness (QED) is 0.806. The predicted octanol–water partition coefficient (Wildman–Crippen LogP) is 4.82. The summed E-state index contributed by atoms with van der Waals surface area (Å²) in [6, 6.07) is 9.00. The first-order chi connectivity index (χ1) is 9.20. The van der Waals surface area contributed by atoms with Gasteiger partial charge in [0.05, 0.1) is 0 Å². The van der Waals surface area contributed by atoms with Crippen LogP contribution in [0.1, 0.15) is 29.8 Å². The van der Waals surface area contributed by atoms with Crippen molar-refractivity contribution in [2.75, 3.05) is 6.54 Å². The second kappa shape index (κ2) is 7.04. The van der Waals surface area contributed by atoms with Gasteiger partial charge in [0.2, 0.25) is 0 Å². The lowest BCUT2D eigenvalue weighted by Crippen LogP contribution is -2.21. The van der Waals surface area contributed by atoms with Crippen LogP contribution in [0.2, 0.25) is 5.02 Å².